The maximum absolute atomic E-state index is 13.5. The molecule has 4 nitrogen and oxygen atoms in total. The van der Waals surface area contributed by atoms with Crippen LogP contribution in [0, 0.1) is 11.6 Å². The van der Waals surface area contributed by atoms with Crippen molar-refractivity contribution in [1.82, 2.24) is 0 Å². The zero-order chi connectivity index (χ0) is 15.5. The molecule has 0 fully saturated rings. The zero-order valence-electron chi connectivity index (χ0n) is 10.9. The minimum Gasteiger partial charge on any atom is -0.485 e. The van der Waals surface area contributed by atoms with E-state index in [-0.39, 0.29) is 5.56 Å². The topological polar surface area (TPSA) is 72.5 Å². The fourth-order valence-corrected chi connectivity index (χ4v) is 1.81. The second-order valence-corrected chi connectivity index (χ2v) is 4.48. The number of rotatable bonds is 5. The normalized spacial score (nSPS) is 13.5. The van der Waals surface area contributed by atoms with Gasteiger partial charge in [-0.1, -0.05) is 36.4 Å². The van der Waals surface area contributed by atoms with E-state index >= 15 is 0 Å². The molecule has 2 rings (SSSR count). The number of carboxylic acids is 1. The number of hydrogen-bond acceptors (Lipinski definition) is 3. The summed E-state index contributed by atoms with van der Waals surface area (Å²) in [6.45, 7) is -0.607. The van der Waals surface area contributed by atoms with Crippen LogP contribution in [0.4, 0.5) is 8.78 Å². The summed E-state index contributed by atoms with van der Waals surface area (Å²) in [4.78, 5) is 11.4. The van der Waals surface area contributed by atoms with Crippen LogP contribution >= 0.6 is 0 Å². The summed E-state index contributed by atoms with van der Waals surface area (Å²) < 4.78 is 31.9. The third-order valence-electron chi connectivity index (χ3n) is 3.03. The monoisotopic (exact) mass is 293 g/mol. The van der Waals surface area contributed by atoms with E-state index < -0.39 is 35.5 Å². The molecule has 0 saturated carbocycles. The molecule has 0 aliphatic heterocycles. The van der Waals surface area contributed by atoms with Crippen molar-refractivity contribution in [3.63, 3.8) is 0 Å². The summed E-state index contributed by atoms with van der Waals surface area (Å²) >= 11 is 0. The van der Waals surface area contributed by atoms with E-state index in [1.165, 1.54) is 18.2 Å². The summed E-state index contributed by atoms with van der Waals surface area (Å²) in [5, 5.41) is 9.31. The van der Waals surface area contributed by atoms with Crippen LogP contribution < -0.4 is 10.5 Å². The van der Waals surface area contributed by atoms with E-state index in [9.17, 15) is 18.7 Å². The fraction of sp³-hybridized carbons (Fsp3) is 0.133. The van der Waals surface area contributed by atoms with Gasteiger partial charge in [-0.3, -0.25) is 0 Å². The number of halogens is 2. The van der Waals surface area contributed by atoms with Gasteiger partial charge in [-0.25, -0.2) is 13.6 Å². The molecule has 6 heteroatoms. The summed E-state index contributed by atoms with van der Waals surface area (Å²) in [6.07, 6.45) is 0. The predicted octanol–water partition coefficient (Wildman–Crippen LogP) is 2.28. The molecule has 0 radical (unpaired) electrons. The highest BCUT2D eigenvalue weighted by molar-refractivity contribution is 5.80. The van der Waals surface area contributed by atoms with Crippen LogP contribution in [0.1, 0.15) is 5.56 Å². The lowest BCUT2D eigenvalue weighted by molar-refractivity contribution is -0.145. The van der Waals surface area contributed by atoms with Gasteiger partial charge in [-0.2, -0.15) is 0 Å². The number of benzene rings is 2. The SMILES string of the molecule is NC(COc1c(F)cccc1F)(C(=O)O)c1ccccc1. The smallest absolute Gasteiger partial charge is 0.331 e. The first kappa shape index (κ1) is 14.9. The Bertz CT molecular complexity index is 628. The number of aliphatic carboxylic acids is 1. The first-order valence-electron chi connectivity index (χ1n) is 6.10. The van der Waals surface area contributed by atoms with Crippen molar-refractivity contribution < 1.29 is 23.4 Å². The Kier molecular flexibility index (Phi) is 4.18. The second-order valence-electron chi connectivity index (χ2n) is 4.48. The second kappa shape index (κ2) is 5.88. The molecule has 0 aromatic heterocycles. The Morgan fingerprint density at radius 1 is 1.10 bits per heavy atom. The molecule has 0 aliphatic carbocycles. The highest BCUT2D eigenvalue weighted by atomic mass is 19.1. The van der Waals surface area contributed by atoms with Gasteiger partial charge in [0.05, 0.1) is 0 Å². The van der Waals surface area contributed by atoms with E-state index in [0.29, 0.717) is 0 Å². The Morgan fingerprint density at radius 2 is 1.67 bits per heavy atom. The molecule has 0 spiro atoms. The number of carbonyl (C=O) groups is 1. The molecule has 0 bridgehead atoms. The molecule has 0 saturated heterocycles. The van der Waals surface area contributed by atoms with Gasteiger partial charge in [0.25, 0.3) is 0 Å². The standard InChI is InChI=1S/C15H13F2NO3/c16-11-7-4-8-12(17)13(11)21-9-15(18,14(19)20)10-5-2-1-3-6-10/h1-8H,9,18H2,(H,19,20). The number of para-hydroxylation sites is 1. The van der Waals surface area contributed by atoms with Crippen LogP contribution in [0.25, 0.3) is 0 Å². The van der Waals surface area contributed by atoms with Crippen molar-refractivity contribution in [3.8, 4) is 5.75 Å². The van der Waals surface area contributed by atoms with Gasteiger partial charge in [-0.15, -0.1) is 0 Å². The van der Waals surface area contributed by atoms with Crippen molar-refractivity contribution in [2.75, 3.05) is 6.61 Å². The third kappa shape index (κ3) is 3.00. The Labute approximate surface area is 119 Å². The average Bonchev–Trinajstić information content (AvgIpc) is 2.47. The number of hydrogen-bond donors (Lipinski definition) is 2. The molecule has 1 unspecified atom stereocenters. The van der Waals surface area contributed by atoms with Crippen LogP contribution in [0.5, 0.6) is 5.75 Å². The minimum atomic E-state index is -1.91. The van der Waals surface area contributed by atoms with Crippen molar-refractivity contribution >= 4 is 5.97 Å². The average molecular weight is 293 g/mol. The molecular formula is C15H13F2NO3. The van der Waals surface area contributed by atoms with Crippen molar-refractivity contribution in [2.24, 2.45) is 5.73 Å². The molecule has 3 N–H and O–H groups in total. The van der Waals surface area contributed by atoms with Gasteiger partial charge < -0.3 is 15.6 Å². The van der Waals surface area contributed by atoms with Crippen molar-refractivity contribution in [1.29, 1.82) is 0 Å². The van der Waals surface area contributed by atoms with Gasteiger partial charge in [0.1, 0.15) is 6.61 Å². The van der Waals surface area contributed by atoms with Crippen LogP contribution in [-0.2, 0) is 10.3 Å². The summed E-state index contributed by atoms with van der Waals surface area (Å²) in [5.41, 5.74) is 4.21. The predicted molar refractivity (Wildman–Crippen MR) is 71.8 cm³/mol. The van der Waals surface area contributed by atoms with Crippen LogP contribution in [-0.4, -0.2) is 17.7 Å². The number of ether oxygens (including phenoxy) is 1. The van der Waals surface area contributed by atoms with Gasteiger partial charge in [0, 0.05) is 0 Å². The lowest BCUT2D eigenvalue weighted by Crippen LogP contribution is -2.49. The molecule has 21 heavy (non-hydrogen) atoms. The summed E-state index contributed by atoms with van der Waals surface area (Å²) in [7, 11) is 0. The van der Waals surface area contributed by atoms with E-state index in [4.69, 9.17) is 10.5 Å². The molecule has 1 atom stereocenters. The molecule has 110 valence electrons. The Morgan fingerprint density at radius 3 is 2.19 bits per heavy atom. The number of nitrogens with two attached hydrogens (primary N) is 1. The van der Waals surface area contributed by atoms with Gasteiger partial charge in [-0.05, 0) is 17.7 Å². The van der Waals surface area contributed by atoms with Crippen LogP contribution in [0.15, 0.2) is 48.5 Å². The van der Waals surface area contributed by atoms with Gasteiger partial charge >= 0.3 is 5.97 Å². The number of carboxylic acid groups (broad SMARTS) is 1. The lowest BCUT2D eigenvalue weighted by Gasteiger charge is -2.25. The highest BCUT2D eigenvalue weighted by Crippen LogP contribution is 2.25. The first-order chi connectivity index (χ1) is 9.95. The van der Waals surface area contributed by atoms with E-state index in [1.807, 2.05) is 0 Å². The third-order valence-corrected chi connectivity index (χ3v) is 3.03. The molecule has 0 amide bonds. The van der Waals surface area contributed by atoms with Crippen LogP contribution in [0.2, 0.25) is 0 Å². The van der Waals surface area contributed by atoms with Gasteiger partial charge in [0.15, 0.2) is 22.9 Å². The molecule has 0 heterocycles. The molecule has 0 aliphatic rings. The van der Waals surface area contributed by atoms with Gasteiger partial charge in [0.2, 0.25) is 0 Å². The molecule has 2 aromatic carbocycles. The quantitative estimate of drug-likeness (QED) is 0.887. The summed E-state index contributed by atoms with van der Waals surface area (Å²) in [6, 6.07) is 11.2. The maximum Gasteiger partial charge on any atom is 0.331 e. The molecular weight excluding hydrogens is 280 g/mol. The minimum absolute atomic E-state index is 0.272. The first-order valence-corrected chi connectivity index (χ1v) is 6.10. The van der Waals surface area contributed by atoms with Crippen LogP contribution in [0.3, 0.4) is 0 Å². The van der Waals surface area contributed by atoms with E-state index in [0.717, 1.165) is 12.1 Å². The zero-order valence-corrected chi connectivity index (χ0v) is 10.9. The van der Waals surface area contributed by atoms with Crippen molar-refractivity contribution in [3.05, 3.63) is 65.7 Å². The lowest BCUT2D eigenvalue weighted by atomic mass is 9.92. The fourth-order valence-electron chi connectivity index (χ4n) is 1.81. The van der Waals surface area contributed by atoms with Crippen molar-refractivity contribution in [2.45, 2.75) is 5.54 Å². The summed E-state index contributed by atoms with van der Waals surface area (Å²) in [5.74, 6) is -3.85. The van der Waals surface area contributed by atoms with E-state index in [1.54, 1.807) is 18.2 Å². The largest absolute Gasteiger partial charge is 0.485 e. The molecule has 2 aromatic rings. The Balaban J connectivity index is 2.28. The van der Waals surface area contributed by atoms with E-state index in [2.05, 4.69) is 0 Å². The highest BCUT2D eigenvalue weighted by Gasteiger charge is 2.37. The maximum atomic E-state index is 13.5. The Hall–Kier alpha value is -2.47.